The van der Waals surface area contributed by atoms with Crippen molar-refractivity contribution >= 4 is 22.7 Å². The molecule has 1 saturated carbocycles. The summed E-state index contributed by atoms with van der Waals surface area (Å²) in [6.07, 6.45) is 5.82. The van der Waals surface area contributed by atoms with E-state index in [1.807, 2.05) is 40.1 Å². The van der Waals surface area contributed by atoms with Gasteiger partial charge in [-0.1, -0.05) is 18.2 Å². The lowest BCUT2D eigenvalue weighted by atomic mass is 10.0. The highest BCUT2D eigenvalue weighted by molar-refractivity contribution is 6.06. The summed E-state index contributed by atoms with van der Waals surface area (Å²) >= 11 is 0. The second kappa shape index (κ2) is 8.34. The van der Waals surface area contributed by atoms with Gasteiger partial charge in [-0.25, -0.2) is 0 Å². The topological polar surface area (TPSA) is 56.8 Å². The summed E-state index contributed by atoms with van der Waals surface area (Å²) in [7, 11) is 0. The zero-order valence-electron chi connectivity index (χ0n) is 17.6. The number of para-hydroxylation sites is 1. The van der Waals surface area contributed by atoms with E-state index in [1.165, 1.54) is 19.3 Å². The largest absolute Gasteiger partial charge is 0.342 e. The van der Waals surface area contributed by atoms with Gasteiger partial charge in [0.1, 0.15) is 0 Å². The number of hydrogen-bond acceptors (Lipinski definition) is 4. The van der Waals surface area contributed by atoms with Crippen molar-refractivity contribution in [3.8, 4) is 0 Å². The van der Waals surface area contributed by atoms with Crippen LogP contribution in [0.1, 0.15) is 54.1 Å². The number of carbonyl (C=O) groups is 2. The number of hydrogen-bond donors (Lipinski definition) is 0. The molecule has 6 nitrogen and oxygen atoms in total. The van der Waals surface area contributed by atoms with Gasteiger partial charge in [-0.15, -0.1) is 0 Å². The molecule has 158 valence electrons. The highest BCUT2D eigenvalue weighted by atomic mass is 16.2. The number of rotatable bonds is 4. The Balaban J connectivity index is 1.25. The first-order valence-corrected chi connectivity index (χ1v) is 11.4. The van der Waals surface area contributed by atoms with Gasteiger partial charge in [0.2, 0.25) is 5.91 Å². The summed E-state index contributed by atoms with van der Waals surface area (Å²) in [6, 6.07) is 9.98. The van der Waals surface area contributed by atoms with Crippen LogP contribution >= 0.6 is 0 Å². The van der Waals surface area contributed by atoms with E-state index in [9.17, 15) is 9.59 Å². The third kappa shape index (κ3) is 4.06. The molecular formula is C24H30N4O2. The number of pyridine rings is 1. The lowest BCUT2D eigenvalue weighted by Gasteiger charge is -2.36. The normalized spacial score (nSPS) is 20.5. The average molecular weight is 407 g/mol. The number of benzene rings is 1. The number of amides is 2. The highest BCUT2D eigenvalue weighted by Gasteiger charge is 2.29. The molecule has 0 atom stereocenters. The van der Waals surface area contributed by atoms with Gasteiger partial charge in [0.05, 0.1) is 17.6 Å². The van der Waals surface area contributed by atoms with Crippen LogP contribution in [0.15, 0.2) is 30.3 Å². The fourth-order valence-corrected chi connectivity index (χ4v) is 4.68. The molecule has 2 aromatic rings. The number of nitrogens with zero attached hydrogens (tertiary/aromatic N) is 4. The monoisotopic (exact) mass is 406 g/mol. The number of likely N-dealkylation sites (tertiary alicyclic amines) is 1. The Morgan fingerprint density at radius 1 is 0.900 bits per heavy atom. The molecule has 0 spiro atoms. The summed E-state index contributed by atoms with van der Waals surface area (Å²) < 4.78 is 0. The van der Waals surface area contributed by atoms with E-state index in [1.54, 1.807) is 0 Å². The summed E-state index contributed by atoms with van der Waals surface area (Å²) in [5.74, 6) is 0.847. The predicted octanol–water partition coefficient (Wildman–Crippen LogP) is 2.88. The number of piperidine rings is 1. The minimum Gasteiger partial charge on any atom is -0.342 e. The molecule has 5 rings (SSSR count). The summed E-state index contributed by atoms with van der Waals surface area (Å²) in [5, 5.41) is 0.939. The lowest BCUT2D eigenvalue weighted by molar-refractivity contribution is -0.133. The zero-order valence-corrected chi connectivity index (χ0v) is 17.6. The summed E-state index contributed by atoms with van der Waals surface area (Å²) in [5.41, 5.74) is 2.75. The van der Waals surface area contributed by atoms with Crippen molar-refractivity contribution in [3.63, 3.8) is 0 Å². The lowest BCUT2D eigenvalue weighted by Crippen LogP contribution is -2.52. The molecule has 2 aliphatic heterocycles. The third-order valence-corrected chi connectivity index (χ3v) is 6.69. The molecule has 0 N–H and O–H groups in total. The van der Waals surface area contributed by atoms with Crippen LogP contribution in [0.3, 0.4) is 0 Å². The van der Waals surface area contributed by atoms with E-state index >= 15 is 0 Å². The third-order valence-electron chi connectivity index (χ3n) is 6.69. The molecule has 6 heteroatoms. The molecule has 3 fully saturated rings. The van der Waals surface area contributed by atoms with Crippen LogP contribution in [0.2, 0.25) is 0 Å². The van der Waals surface area contributed by atoms with Gasteiger partial charge in [0, 0.05) is 56.3 Å². The molecule has 3 heterocycles. The molecule has 0 unspecified atom stereocenters. The van der Waals surface area contributed by atoms with Crippen molar-refractivity contribution in [1.82, 2.24) is 19.7 Å². The Bertz CT molecular complexity index is 941. The first kappa shape index (κ1) is 19.5. The minimum atomic E-state index is 0.0949. The van der Waals surface area contributed by atoms with E-state index in [4.69, 9.17) is 4.98 Å². The average Bonchev–Trinajstić information content (AvgIpc) is 3.64. The van der Waals surface area contributed by atoms with Crippen LogP contribution in [0.25, 0.3) is 10.9 Å². The van der Waals surface area contributed by atoms with Crippen LogP contribution in [0.5, 0.6) is 0 Å². The number of fused-ring (bicyclic) bond motifs is 1. The number of piperazine rings is 1. The maximum Gasteiger partial charge on any atom is 0.254 e. The number of carbonyl (C=O) groups excluding carboxylic acids is 2. The van der Waals surface area contributed by atoms with Crippen LogP contribution in [-0.2, 0) is 4.79 Å². The molecule has 0 bridgehead atoms. The van der Waals surface area contributed by atoms with Crippen LogP contribution in [-0.4, -0.2) is 77.3 Å². The Labute approximate surface area is 177 Å². The molecule has 2 amide bonds. The second-order valence-electron chi connectivity index (χ2n) is 8.90. The van der Waals surface area contributed by atoms with Crippen molar-refractivity contribution in [2.45, 2.75) is 38.0 Å². The highest BCUT2D eigenvalue weighted by Crippen LogP contribution is 2.40. The molecular weight excluding hydrogens is 376 g/mol. The first-order valence-electron chi connectivity index (χ1n) is 11.4. The van der Waals surface area contributed by atoms with Gasteiger partial charge in [0.15, 0.2) is 0 Å². The SMILES string of the molecule is O=C(CN1CCN(C(=O)c2cc(C3CC3)nc3ccccc23)CC1)N1CCCCC1. The van der Waals surface area contributed by atoms with Gasteiger partial charge in [-0.3, -0.25) is 19.5 Å². The second-order valence-corrected chi connectivity index (χ2v) is 8.90. The molecule has 1 aromatic carbocycles. The number of aromatic nitrogens is 1. The van der Waals surface area contributed by atoms with Crippen molar-refractivity contribution < 1.29 is 9.59 Å². The van der Waals surface area contributed by atoms with E-state index in [2.05, 4.69) is 4.90 Å². The minimum absolute atomic E-state index is 0.0949. The van der Waals surface area contributed by atoms with Gasteiger partial charge in [-0.05, 0) is 44.2 Å². The van der Waals surface area contributed by atoms with Gasteiger partial charge >= 0.3 is 0 Å². The van der Waals surface area contributed by atoms with E-state index in [-0.39, 0.29) is 11.8 Å². The fraction of sp³-hybridized carbons (Fsp3) is 0.542. The van der Waals surface area contributed by atoms with Crippen molar-refractivity contribution in [2.75, 3.05) is 45.8 Å². The van der Waals surface area contributed by atoms with Crippen molar-refractivity contribution in [2.24, 2.45) is 0 Å². The van der Waals surface area contributed by atoms with Gasteiger partial charge in [0.25, 0.3) is 5.91 Å². The van der Waals surface area contributed by atoms with E-state index in [0.717, 1.165) is 61.2 Å². The zero-order chi connectivity index (χ0) is 20.5. The standard InChI is InChI=1S/C24H30N4O2/c29-23(27-10-4-1-5-11-27)17-26-12-14-28(15-13-26)24(30)20-16-22(18-8-9-18)25-21-7-3-2-6-19(20)21/h2-3,6-7,16,18H,1,4-5,8-15,17H2. The molecule has 1 aliphatic carbocycles. The van der Waals surface area contributed by atoms with Gasteiger partial charge < -0.3 is 9.80 Å². The van der Waals surface area contributed by atoms with Crippen LogP contribution < -0.4 is 0 Å². The van der Waals surface area contributed by atoms with Crippen molar-refractivity contribution in [3.05, 3.63) is 41.6 Å². The summed E-state index contributed by atoms with van der Waals surface area (Å²) in [4.78, 5) is 36.9. The maximum atomic E-state index is 13.4. The van der Waals surface area contributed by atoms with E-state index in [0.29, 0.717) is 25.6 Å². The molecule has 0 radical (unpaired) electrons. The van der Waals surface area contributed by atoms with Crippen LogP contribution in [0.4, 0.5) is 0 Å². The van der Waals surface area contributed by atoms with Crippen LogP contribution in [0, 0.1) is 0 Å². The molecule has 30 heavy (non-hydrogen) atoms. The molecule has 2 saturated heterocycles. The Morgan fingerprint density at radius 2 is 1.63 bits per heavy atom. The fourth-order valence-electron chi connectivity index (χ4n) is 4.68. The van der Waals surface area contributed by atoms with Crippen molar-refractivity contribution in [1.29, 1.82) is 0 Å². The van der Waals surface area contributed by atoms with Gasteiger partial charge in [-0.2, -0.15) is 0 Å². The quantitative estimate of drug-likeness (QED) is 0.784. The smallest absolute Gasteiger partial charge is 0.254 e. The molecule has 3 aliphatic rings. The first-order chi connectivity index (χ1) is 14.7. The summed E-state index contributed by atoms with van der Waals surface area (Å²) in [6.45, 7) is 5.12. The van der Waals surface area contributed by atoms with E-state index < -0.39 is 0 Å². The Morgan fingerprint density at radius 3 is 2.37 bits per heavy atom. The Hall–Kier alpha value is -2.47. The Kier molecular flexibility index (Phi) is 5.42. The molecule has 1 aromatic heterocycles. The predicted molar refractivity (Wildman–Crippen MR) is 116 cm³/mol. The maximum absolute atomic E-state index is 13.4.